The molecule has 8 nitrogen and oxygen atoms in total. The van der Waals surface area contributed by atoms with Gasteiger partial charge in [-0.25, -0.2) is 12.8 Å². The van der Waals surface area contributed by atoms with Crippen LogP contribution in [0, 0.1) is 17.7 Å². The fourth-order valence-corrected chi connectivity index (χ4v) is 5.90. The predicted octanol–water partition coefficient (Wildman–Crippen LogP) is 2.04. The molecule has 0 aromatic heterocycles. The van der Waals surface area contributed by atoms with Gasteiger partial charge in [-0.3, -0.25) is 9.59 Å². The zero-order chi connectivity index (χ0) is 22.6. The van der Waals surface area contributed by atoms with Gasteiger partial charge in [0.05, 0.1) is 25.6 Å². The lowest BCUT2D eigenvalue weighted by atomic mass is 9.93. The van der Waals surface area contributed by atoms with Crippen LogP contribution in [0.15, 0.2) is 23.1 Å². The van der Waals surface area contributed by atoms with E-state index in [4.69, 9.17) is 9.47 Å². The maximum absolute atomic E-state index is 13.7. The molecule has 0 radical (unpaired) electrons. The van der Waals surface area contributed by atoms with E-state index in [1.807, 2.05) is 0 Å². The molecule has 2 saturated heterocycles. The number of ether oxygens (including phenoxy) is 2. The summed E-state index contributed by atoms with van der Waals surface area (Å²) in [7, 11) is -2.69. The summed E-state index contributed by atoms with van der Waals surface area (Å²) in [6.07, 6.45) is 2.20. The van der Waals surface area contributed by atoms with Crippen LogP contribution in [-0.4, -0.2) is 69.4 Å². The highest BCUT2D eigenvalue weighted by Crippen LogP contribution is 2.31. The van der Waals surface area contributed by atoms with E-state index in [0.717, 1.165) is 12.1 Å². The molecule has 1 aromatic rings. The SMILES string of the molecule is CCOC(=O)C1CCN(C(=O)[C@@H]2CCCN(S(=O)(=O)c3cc(F)ccc3OC)C2)CC1. The Balaban J connectivity index is 1.67. The third kappa shape index (κ3) is 5.17. The summed E-state index contributed by atoms with van der Waals surface area (Å²) in [5.74, 6) is -1.61. The Morgan fingerprint density at radius 3 is 2.48 bits per heavy atom. The van der Waals surface area contributed by atoms with Gasteiger partial charge in [-0.15, -0.1) is 0 Å². The number of hydrogen-bond acceptors (Lipinski definition) is 6. The minimum Gasteiger partial charge on any atom is -0.495 e. The van der Waals surface area contributed by atoms with E-state index >= 15 is 0 Å². The Morgan fingerprint density at radius 2 is 1.84 bits per heavy atom. The molecule has 2 fully saturated rings. The van der Waals surface area contributed by atoms with Crippen molar-refractivity contribution >= 4 is 21.9 Å². The standard InChI is InChI=1S/C21H29FN2O6S/c1-3-30-21(26)15-8-11-23(12-9-15)20(25)16-5-4-10-24(14-16)31(27,28)19-13-17(22)6-7-18(19)29-2/h6-7,13,15-16H,3-5,8-12,14H2,1-2H3/t16-/m1/s1. The fraction of sp³-hybridized carbons (Fsp3) is 0.619. The lowest BCUT2D eigenvalue weighted by Crippen LogP contribution is -2.49. The van der Waals surface area contributed by atoms with Crippen molar-refractivity contribution in [2.75, 3.05) is 39.9 Å². The quantitative estimate of drug-likeness (QED) is 0.608. The van der Waals surface area contributed by atoms with Crippen LogP contribution in [0.25, 0.3) is 0 Å². The van der Waals surface area contributed by atoms with Crippen LogP contribution >= 0.6 is 0 Å². The number of likely N-dealkylation sites (tertiary alicyclic amines) is 1. The number of halogens is 1. The first-order valence-corrected chi connectivity index (χ1v) is 12.0. The topological polar surface area (TPSA) is 93.2 Å². The van der Waals surface area contributed by atoms with Crippen molar-refractivity contribution in [2.24, 2.45) is 11.8 Å². The number of piperidine rings is 2. The first-order valence-electron chi connectivity index (χ1n) is 10.6. The summed E-state index contributed by atoms with van der Waals surface area (Å²) in [4.78, 5) is 26.4. The van der Waals surface area contributed by atoms with Crippen LogP contribution in [0.3, 0.4) is 0 Å². The van der Waals surface area contributed by atoms with Crippen molar-refractivity contribution in [3.05, 3.63) is 24.0 Å². The van der Waals surface area contributed by atoms with Crippen molar-refractivity contribution in [3.8, 4) is 5.75 Å². The molecule has 0 spiro atoms. The number of benzene rings is 1. The van der Waals surface area contributed by atoms with Crippen molar-refractivity contribution in [1.82, 2.24) is 9.21 Å². The molecular formula is C21H29FN2O6S. The van der Waals surface area contributed by atoms with Crippen LogP contribution in [0.5, 0.6) is 5.75 Å². The van der Waals surface area contributed by atoms with Crippen LogP contribution in [0.4, 0.5) is 4.39 Å². The van der Waals surface area contributed by atoms with Crippen molar-refractivity contribution in [2.45, 2.75) is 37.5 Å². The Morgan fingerprint density at radius 1 is 1.13 bits per heavy atom. The molecule has 1 atom stereocenters. The predicted molar refractivity (Wildman–Crippen MR) is 110 cm³/mol. The van der Waals surface area contributed by atoms with Gasteiger partial charge in [-0.1, -0.05) is 0 Å². The average Bonchev–Trinajstić information content (AvgIpc) is 2.79. The van der Waals surface area contributed by atoms with Gasteiger partial charge in [0.2, 0.25) is 15.9 Å². The zero-order valence-electron chi connectivity index (χ0n) is 17.9. The number of carbonyl (C=O) groups is 2. The third-order valence-electron chi connectivity index (χ3n) is 5.90. The van der Waals surface area contributed by atoms with Gasteiger partial charge >= 0.3 is 5.97 Å². The van der Waals surface area contributed by atoms with E-state index in [9.17, 15) is 22.4 Å². The normalized spacial score (nSPS) is 21.0. The van der Waals surface area contributed by atoms with Gasteiger partial charge in [0.15, 0.2) is 0 Å². The van der Waals surface area contributed by atoms with E-state index in [0.29, 0.717) is 45.4 Å². The Hall–Kier alpha value is -2.20. The molecule has 0 aliphatic carbocycles. The van der Waals surface area contributed by atoms with Crippen LogP contribution in [-0.2, 0) is 24.3 Å². The number of nitrogens with zero attached hydrogens (tertiary/aromatic N) is 2. The molecule has 2 heterocycles. The molecule has 3 rings (SSSR count). The van der Waals surface area contributed by atoms with Gasteiger partial charge in [0, 0.05) is 26.2 Å². The summed E-state index contributed by atoms with van der Waals surface area (Å²) in [5, 5.41) is 0. The van der Waals surface area contributed by atoms with E-state index in [2.05, 4.69) is 0 Å². The number of carbonyl (C=O) groups excluding carboxylic acids is 2. The fourth-order valence-electron chi connectivity index (χ4n) is 4.21. The van der Waals surface area contributed by atoms with Gasteiger partial charge < -0.3 is 14.4 Å². The highest BCUT2D eigenvalue weighted by Gasteiger charge is 2.38. The molecule has 31 heavy (non-hydrogen) atoms. The Bertz CT molecular complexity index is 914. The molecule has 10 heteroatoms. The van der Waals surface area contributed by atoms with Gasteiger partial charge in [0.1, 0.15) is 16.5 Å². The maximum Gasteiger partial charge on any atom is 0.309 e. The van der Waals surface area contributed by atoms with Crippen molar-refractivity contribution in [1.29, 1.82) is 0 Å². The smallest absolute Gasteiger partial charge is 0.309 e. The molecule has 2 aliphatic rings. The second-order valence-electron chi connectivity index (χ2n) is 7.85. The number of sulfonamides is 1. The first-order chi connectivity index (χ1) is 14.8. The van der Waals surface area contributed by atoms with Crippen molar-refractivity contribution < 1.29 is 31.9 Å². The number of amides is 1. The van der Waals surface area contributed by atoms with Crippen LogP contribution < -0.4 is 4.74 Å². The monoisotopic (exact) mass is 456 g/mol. The summed E-state index contributed by atoms with van der Waals surface area (Å²) in [6.45, 7) is 3.29. The first kappa shape index (κ1) is 23.5. The third-order valence-corrected chi connectivity index (χ3v) is 7.79. The molecule has 172 valence electrons. The summed E-state index contributed by atoms with van der Waals surface area (Å²) < 4.78 is 51.4. The lowest BCUT2D eigenvalue weighted by molar-refractivity contribution is -0.152. The second kappa shape index (κ2) is 9.95. The molecule has 0 N–H and O–H groups in total. The van der Waals surface area contributed by atoms with E-state index < -0.39 is 21.8 Å². The number of methoxy groups -OCH3 is 1. The summed E-state index contributed by atoms with van der Waals surface area (Å²) >= 11 is 0. The van der Waals surface area contributed by atoms with E-state index in [1.165, 1.54) is 17.5 Å². The molecule has 0 bridgehead atoms. The molecule has 2 aliphatic heterocycles. The molecule has 0 unspecified atom stereocenters. The van der Waals surface area contributed by atoms with Gasteiger partial charge in [0.25, 0.3) is 0 Å². The van der Waals surface area contributed by atoms with Crippen molar-refractivity contribution in [3.63, 3.8) is 0 Å². The largest absolute Gasteiger partial charge is 0.495 e. The summed E-state index contributed by atoms with van der Waals surface area (Å²) in [6, 6.07) is 3.36. The number of rotatable bonds is 6. The Labute approximate surface area is 182 Å². The van der Waals surface area contributed by atoms with Gasteiger partial charge in [-0.05, 0) is 50.8 Å². The average molecular weight is 457 g/mol. The Kier molecular flexibility index (Phi) is 7.53. The molecule has 1 amide bonds. The van der Waals surface area contributed by atoms with Crippen LogP contribution in [0.2, 0.25) is 0 Å². The minimum atomic E-state index is -4.01. The molecule has 0 saturated carbocycles. The number of esters is 1. The molecule has 1 aromatic carbocycles. The summed E-state index contributed by atoms with van der Waals surface area (Å²) in [5.41, 5.74) is 0. The second-order valence-corrected chi connectivity index (χ2v) is 9.76. The molecular weight excluding hydrogens is 427 g/mol. The zero-order valence-corrected chi connectivity index (χ0v) is 18.7. The minimum absolute atomic E-state index is 0.0403. The van der Waals surface area contributed by atoms with Gasteiger partial charge in [-0.2, -0.15) is 4.31 Å². The lowest BCUT2D eigenvalue weighted by Gasteiger charge is -2.37. The number of hydrogen-bond donors (Lipinski definition) is 0. The highest BCUT2D eigenvalue weighted by atomic mass is 32.2. The highest BCUT2D eigenvalue weighted by molar-refractivity contribution is 7.89. The van der Waals surface area contributed by atoms with E-state index in [-0.39, 0.29) is 41.5 Å². The van der Waals surface area contributed by atoms with E-state index in [1.54, 1.807) is 11.8 Å². The van der Waals surface area contributed by atoms with Crippen LogP contribution in [0.1, 0.15) is 32.6 Å². The maximum atomic E-state index is 13.7.